The second-order valence-electron chi connectivity index (χ2n) is 4.36. The zero-order chi connectivity index (χ0) is 15.3. The van der Waals surface area contributed by atoms with E-state index in [0.717, 1.165) is 5.69 Å². The molecule has 0 aliphatic rings. The number of hydrogen-bond acceptors (Lipinski definition) is 6. The van der Waals surface area contributed by atoms with E-state index in [-0.39, 0.29) is 17.7 Å². The van der Waals surface area contributed by atoms with Gasteiger partial charge in [0.1, 0.15) is 0 Å². The topological polar surface area (TPSA) is 70.9 Å². The first-order chi connectivity index (χ1) is 9.99. The van der Waals surface area contributed by atoms with Crippen LogP contribution >= 0.6 is 11.3 Å². The first kappa shape index (κ1) is 15.6. The van der Waals surface area contributed by atoms with Crippen molar-refractivity contribution < 1.29 is 18.3 Å². The van der Waals surface area contributed by atoms with E-state index in [1.54, 1.807) is 12.3 Å². The highest BCUT2D eigenvalue weighted by Crippen LogP contribution is 2.33. The van der Waals surface area contributed by atoms with E-state index in [1.165, 1.54) is 0 Å². The molecule has 114 valence electrons. The number of aromatic nitrogens is 3. The van der Waals surface area contributed by atoms with Gasteiger partial charge in [0.2, 0.25) is 10.1 Å². The molecule has 1 unspecified atom stereocenters. The Balaban J connectivity index is 1.90. The van der Waals surface area contributed by atoms with Gasteiger partial charge in [-0.1, -0.05) is 17.4 Å². The molecule has 0 bridgehead atoms. The third kappa shape index (κ3) is 4.64. The van der Waals surface area contributed by atoms with Gasteiger partial charge in [0.05, 0.1) is 0 Å². The number of nitrogens with one attached hydrogen (secondary N) is 1. The van der Waals surface area contributed by atoms with Crippen LogP contribution < -0.4 is 5.32 Å². The number of rotatable bonds is 6. The Morgan fingerprint density at radius 1 is 1.29 bits per heavy atom. The zero-order valence-electron chi connectivity index (χ0n) is 10.8. The predicted octanol–water partition coefficient (Wildman–Crippen LogP) is 2.21. The predicted molar refractivity (Wildman–Crippen MR) is 71.9 cm³/mol. The summed E-state index contributed by atoms with van der Waals surface area (Å²) in [5.74, 6) is -0.168. The summed E-state index contributed by atoms with van der Waals surface area (Å²) in [5.41, 5.74) is 0.812. The van der Waals surface area contributed by atoms with Gasteiger partial charge in [-0.25, -0.2) is 0 Å². The number of hydrogen-bond donors (Lipinski definition) is 2. The van der Waals surface area contributed by atoms with Crippen LogP contribution in [0, 0.1) is 5.92 Å². The van der Waals surface area contributed by atoms with Crippen LogP contribution in [-0.4, -0.2) is 33.4 Å². The second-order valence-corrected chi connectivity index (χ2v) is 5.34. The van der Waals surface area contributed by atoms with Crippen molar-refractivity contribution in [3.8, 4) is 0 Å². The largest absolute Gasteiger partial charge is 0.445 e. The van der Waals surface area contributed by atoms with Crippen molar-refractivity contribution in [1.29, 1.82) is 0 Å². The molecular weight excluding hydrogens is 305 g/mol. The van der Waals surface area contributed by atoms with Crippen molar-refractivity contribution in [3.05, 3.63) is 35.1 Å². The van der Waals surface area contributed by atoms with Gasteiger partial charge in [-0.2, -0.15) is 13.2 Å². The number of aliphatic hydroxyl groups is 1. The Hall–Kier alpha value is -1.74. The Morgan fingerprint density at radius 3 is 2.67 bits per heavy atom. The highest BCUT2D eigenvalue weighted by Gasteiger charge is 2.35. The minimum atomic E-state index is -4.48. The van der Waals surface area contributed by atoms with Crippen LogP contribution in [0.5, 0.6) is 0 Å². The molecule has 0 spiro atoms. The molecule has 0 aliphatic heterocycles. The van der Waals surface area contributed by atoms with E-state index in [4.69, 9.17) is 0 Å². The Morgan fingerprint density at radius 2 is 2.10 bits per heavy atom. The Bertz CT molecular complexity index is 561. The molecule has 0 fully saturated rings. The summed E-state index contributed by atoms with van der Waals surface area (Å²) in [6.07, 6.45) is -2.31. The average Bonchev–Trinajstić information content (AvgIpc) is 2.93. The molecule has 1 atom stereocenters. The maximum atomic E-state index is 12.4. The molecule has 0 amide bonds. The molecule has 5 nitrogen and oxygen atoms in total. The molecule has 2 aromatic rings. The lowest BCUT2D eigenvalue weighted by Crippen LogP contribution is -2.20. The molecule has 9 heteroatoms. The summed E-state index contributed by atoms with van der Waals surface area (Å²) < 4.78 is 37.2. The number of aliphatic hydroxyl groups excluding tert-OH is 1. The highest BCUT2D eigenvalue weighted by atomic mass is 32.1. The van der Waals surface area contributed by atoms with Crippen molar-refractivity contribution >= 4 is 16.5 Å². The van der Waals surface area contributed by atoms with Crippen LogP contribution in [0.2, 0.25) is 0 Å². The fourth-order valence-electron chi connectivity index (χ4n) is 1.66. The van der Waals surface area contributed by atoms with Gasteiger partial charge in [0, 0.05) is 31.0 Å². The Kier molecular flexibility index (Phi) is 5.07. The molecular formula is C12H13F3N4OS. The third-order valence-corrected chi connectivity index (χ3v) is 3.62. The van der Waals surface area contributed by atoms with E-state index in [2.05, 4.69) is 20.5 Å². The maximum Gasteiger partial charge on any atom is 0.445 e. The maximum absolute atomic E-state index is 12.4. The van der Waals surface area contributed by atoms with Crippen molar-refractivity contribution in [1.82, 2.24) is 15.2 Å². The third-order valence-electron chi connectivity index (χ3n) is 2.69. The minimum absolute atomic E-state index is 0.0850. The van der Waals surface area contributed by atoms with Gasteiger partial charge >= 0.3 is 6.18 Å². The minimum Gasteiger partial charge on any atom is -0.396 e. The van der Waals surface area contributed by atoms with Crippen LogP contribution in [0.1, 0.15) is 10.7 Å². The van der Waals surface area contributed by atoms with Crippen LogP contribution in [-0.2, 0) is 12.6 Å². The van der Waals surface area contributed by atoms with E-state index < -0.39 is 11.2 Å². The number of anilines is 1. The molecule has 0 aromatic carbocycles. The first-order valence-electron chi connectivity index (χ1n) is 6.14. The van der Waals surface area contributed by atoms with E-state index in [1.807, 2.05) is 12.1 Å². The SMILES string of the molecule is OCC(CNc1nnc(C(F)(F)F)s1)Cc1ccccn1. The van der Waals surface area contributed by atoms with Crippen molar-refractivity contribution in [2.45, 2.75) is 12.6 Å². The van der Waals surface area contributed by atoms with Crippen molar-refractivity contribution in [2.75, 3.05) is 18.5 Å². The molecule has 2 heterocycles. The standard InChI is InChI=1S/C12H13F3N4OS/c13-12(14,15)10-18-19-11(21-10)17-6-8(7-20)5-9-3-1-2-4-16-9/h1-4,8,20H,5-7H2,(H,17,19). The Labute approximate surface area is 122 Å². The first-order valence-corrected chi connectivity index (χ1v) is 6.96. The lowest BCUT2D eigenvalue weighted by Gasteiger charge is -2.13. The molecule has 2 aromatic heterocycles. The van der Waals surface area contributed by atoms with E-state index in [9.17, 15) is 18.3 Å². The lowest BCUT2D eigenvalue weighted by molar-refractivity contribution is -0.138. The van der Waals surface area contributed by atoms with Gasteiger partial charge < -0.3 is 10.4 Å². The molecule has 21 heavy (non-hydrogen) atoms. The number of alkyl halides is 3. The summed E-state index contributed by atoms with van der Waals surface area (Å²) in [4.78, 5) is 4.14. The quantitative estimate of drug-likeness (QED) is 0.854. The molecule has 0 saturated heterocycles. The molecule has 0 saturated carbocycles. The highest BCUT2D eigenvalue weighted by molar-refractivity contribution is 7.15. The van der Waals surface area contributed by atoms with E-state index >= 15 is 0 Å². The smallest absolute Gasteiger partial charge is 0.396 e. The lowest BCUT2D eigenvalue weighted by atomic mass is 10.0. The summed E-state index contributed by atoms with van der Waals surface area (Å²) >= 11 is 0.443. The summed E-state index contributed by atoms with van der Waals surface area (Å²) in [6, 6.07) is 5.45. The monoisotopic (exact) mass is 318 g/mol. The van der Waals surface area contributed by atoms with Crippen LogP contribution in [0.15, 0.2) is 24.4 Å². The van der Waals surface area contributed by atoms with Gasteiger partial charge in [-0.15, -0.1) is 10.2 Å². The fourth-order valence-corrected chi connectivity index (χ4v) is 2.27. The number of nitrogens with zero attached hydrogens (tertiary/aromatic N) is 3. The van der Waals surface area contributed by atoms with Crippen LogP contribution in [0.25, 0.3) is 0 Å². The average molecular weight is 318 g/mol. The molecule has 0 radical (unpaired) electrons. The van der Waals surface area contributed by atoms with E-state index in [0.29, 0.717) is 24.3 Å². The van der Waals surface area contributed by atoms with Gasteiger partial charge in [-0.05, 0) is 18.6 Å². The summed E-state index contributed by atoms with van der Waals surface area (Å²) in [7, 11) is 0. The van der Waals surface area contributed by atoms with Gasteiger partial charge in [-0.3, -0.25) is 4.98 Å². The van der Waals surface area contributed by atoms with Crippen molar-refractivity contribution in [3.63, 3.8) is 0 Å². The fraction of sp³-hybridized carbons (Fsp3) is 0.417. The van der Waals surface area contributed by atoms with Gasteiger partial charge in [0.25, 0.3) is 0 Å². The van der Waals surface area contributed by atoms with Gasteiger partial charge in [0.15, 0.2) is 0 Å². The zero-order valence-corrected chi connectivity index (χ0v) is 11.7. The number of pyridine rings is 1. The molecule has 2 N–H and O–H groups in total. The second kappa shape index (κ2) is 6.81. The normalized spacial score (nSPS) is 13.1. The van der Waals surface area contributed by atoms with Crippen LogP contribution in [0.4, 0.5) is 18.3 Å². The van der Waals surface area contributed by atoms with Crippen molar-refractivity contribution in [2.24, 2.45) is 5.92 Å². The summed E-state index contributed by atoms with van der Waals surface area (Å²) in [5, 5.41) is 17.7. The number of halogens is 3. The molecule has 0 aliphatic carbocycles. The van der Waals surface area contributed by atoms with Crippen LogP contribution in [0.3, 0.4) is 0 Å². The summed E-state index contributed by atoms with van der Waals surface area (Å²) in [6.45, 7) is 0.189. The molecule has 2 rings (SSSR count).